The minimum atomic E-state index is -0.500. The highest BCUT2D eigenvalue weighted by molar-refractivity contribution is 7.14. The van der Waals surface area contributed by atoms with Gasteiger partial charge in [0.1, 0.15) is 5.00 Å². The van der Waals surface area contributed by atoms with E-state index >= 15 is 0 Å². The Morgan fingerprint density at radius 2 is 2.05 bits per heavy atom. The molecule has 0 aromatic carbocycles. The number of carbonyl (C=O) groups is 2. The summed E-state index contributed by atoms with van der Waals surface area (Å²) in [6, 6.07) is 1.65. The smallest absolute Gasteiger partial charge is 0.251 e. The second kappa shape index (κ2) is 6.79. The summed E-state index contributed by atoms with van der Waals surface area (Å²) >= 11 is 1.34. The predicted octanol–water partition coefficient (Wildman–Crippen LogP) is 2.30. The van der Waals surface area contributed by atoms with Crippen molar-refractivity contribution in [2.45, 2.75) is 32.1 Å². The van der Waals surface area contributed by atoms with Gasteiger partial charge in [-0.15, -0.1) is 11.3 Å². The monoisotopic (exact) mass is 321 g/mol. The number of thiophene rings is 1. The van der Waals surface area contributed by atoms with E-state index in [2.05, 4.69) is 10.2 Å². The fourth-order valence-corrected chi connectivity index (χ4v) is 4.60. The molecule has 3 rings (SSSR count). The number of amides is 2. The van der Waals surface area contributed by atoms with E-state index in [0.29, 0.717) is 17.1 Å². The van der Waals surface area contributed by atoms with Crippen LogP contribution in [0.2, 0.25) is 0 Å². The molecule has 0 unspecified atom stereocenters. The number of nitrogens with zero attached hydrogens (tertiary/aromatic N) is 1. The third kappa shape index (κ3) is 3.50. The van der Waals surface area contributed by atoms with Crippen molar-refractivity contribution in [1.29, 1.82) is 0 Å². The van der Waals surface area contributed by atoms with Gasteiger partial charge in [-0.2, -0.15) is 0 Å². The van der Waals surface area contributed by atoms with Crippen LogP contribution in [-0.2, 0) is 4.79 Å². The van der Waals surface area contributed by atoms with E-state index in [1.807, 2.05) is 0 Å². The average molecular weight is 321 g/mol. The summed E-state index contributed by atoms with van der Waals surface area (Å²) in [6.07, 6.45) is 6.58. The first-order chi connectivity index (χ1) is 10.6. The largest absolute Gasteiger partial charge is 0.366 e. The molecule has 6 heteroatoms. The van der Waals surface area contributed by atoms with Crippen molar-refractivity contribution in [3.8, 4) is 0 Å². The first-order valence-corrected chi connectivity index (χ1v) is 8.91. The summed E-state index contributed by atoms with van der Waals surface area (Å²) in [5.74, 6) is 1.07. The van der Waals surface area contributed by atoms with Gasteiger partial charge in [-0.3, -0.25) is 14.5 Å². The number of nitrogens with one attached hydrogen (secondary N) is 1. The number of hydrogen-bond donors (Lipinski definition) is 2. The van der Waals surface area contributed by atoms with Gasteiger partial charge in [0.05, 0.1) is 12.1 Å². The molecule has 1 aliphatic carbocycles. The van der Waals surface area contributed by atoms with Crippen LogP contribution in [-0.4, -0.2) is 36.3 Å². The van der Waals surface area contributed by atoms with E-state index in [4.69, 9.17) is 5.73 Å². The van der Waals surface area contributed by atoms with Crippen LogP contribution in [0.3, 0.4) is 0 Å². The number of anilines is 1. The van der Waals surface area contributed by atoms with Crippen molar-refractivity contribution in [3.05, 3.63) is 17.0 Å². The quantitative estimate of drug-likeness (QED) is 0.893. The summed E-state index contributed by atoms with van der Waals surface area (Å²) in [5, 5.41) is 5.16. The Hall–Kier alpha value is -1.40. The topological polar surface area (TPSA) is 75.4 Å². The van der Waals surface area contributed by atoms with E-state index in [0.717, 1.165) is 24.9 Å². The Morgan fingerprint density at radius 1 is 1.27 bits per heavy atom. The Labute approximate surface area is 134 Å². The van der Waals surface area contributed by atoms with Gasteiger partial charge in [0.25, 0.3) is 5.91 Å². The molecule has 2 atom stereocenters. The number of carbonyl (C=O) groups excluding carboxylic acids is 2. The normalized spacial score (nSPS) is 25.5. The fourth-order valence-electron chi connectivity index (χ4n) is 3.79. The second-order valence-corrected chi connectivity index (χ2v) is 7.32. The minimum Gasteiger partial charge on any atom is -0.366 e. The zero-order valence-corrected chi connectivity index (χ0v) is 13.5. The molecule has 1 aromatic rings. The van der Waals surface area contributed by atoms with Crippen LogP contribution < -0.4 is 11.1 Å². The van der Waals surface area contributed by atoms with Crippen molar-refractivity contribution < 1.29 is 9.59 Å². The van der Waals surface area contributed by atoms with E-state index in [1.165, 1.54) is 43.4 Å². The number of likely N-dealkylation sites (tertiary alicyclic amines) is 1. The molecule has 0 spiro atoms. The first-order valence-electron chi connectivity index (χ1n) is 8.03. The molecule has 0 radical (unpaired) electrons. The zero-order chi connectivity index (χ0) is 15.5. The Bertz CT molecular complexity index is 557. The molecule has 5 nitrogen and oxygen atoms in total. The number of fused-ring (bicyclic) bond motifs is 1. The molecular weight excluding hydrogens is 298 g/mol. The van der Waals surface area contributed by atoms with Gasteiger partial charge in [0.15, 0.2) is 0 Å². The van der Waals surface area contributed by atoms with Crippen LogP contribution in [0.1, 0.15) is 42.5 Å². The lowest BCUT2D eigenvalue weighted by molar-refractivity contribution is -0.118. The standard InChI is InChI=1S/C16H23N3O2S/c17-15(21)13-6-8-22-16(13)18-14(20)10-19-7-5-11-3-1-2-4-12(11)9-19/h6,8,11-12H,1-5,7,9-10H2,(H2,17,21)(H,18,20)/t11-,12+/m0/s1. The van der Waals surface area contributed by atoms with E-state index in [9.17, 15) is 9.59 Å². The van der Waals surface area contributed by atoms with E-state index < -0.39 is 5.91 Å². The third-order valence-electron chi connectivity index (χ3n) is 4.93. The van der Waals surface area contributed by atoms with Gasteiger partial charge < -0.3 is 11.1 Å². The van der Waals surface area contributed by atoms with Gasteiger partial charge in [0.2, 0.25) is 5.91 Å². The summed E-state index contributed by atoms with van der Waals surface area (Å²) in [6.45, 7) is 2.44. The Kier molecular flexibility index (Phi) is 4.78. The molecule has 1 saturated carbocycles. The zero-order valence-electron chi connectivity index (χ0n) is 12.7. The Balaban J connectivity index is 1.53. The lowest BCUT2D eigenvalue weighted by Gasteiger charge is -2.41. The highest BCUT2D eigenvalue weighted by Crippen LogP contribution is 2.35. The molecule has 1 saturated heterocycles. The number of primary amides is 1. The minimum absolute atomic E-state index is 0.0563. The van der Waals surface area contributed by atoms with Crippen molar-refractivity contribution in [2.24, 2.45) is 17.6 Å². The molecule has 0 bridgehead atoms. The van der Waals surface area contributed by atoms with Gasteiger partial charge in [-0.1, -0.05) is 19.3 Å². The maximum atomic E-state index is 12.2. The van der Waals surface area contributed by atoms with Crippen LogP contribution in [0.25, 0.3) is 0 Å². The molecule has 120 valence electrons. The highest BCUT2D eigenvalue weighted by atomic mass is 32.1. The SMILES string of the molecule is NC(=O)c1ccsc1NC(=O)CN1CC[C@@H]2CCCC[C@@H]2C1. The lowest BCUT2D eigenvalue weighted by atomic mass is 9.75. The molecule has 3 N–H and O–H groups in total. The van der Waals surface area contributed by atoms with Crippen LogP contribution in [0, 0.1) is 11.8 Å². The third-order valence-corrected chi connectivity index (χ3v) is 5.76. The molecule has 1 aliphatic heterocycles. The van der Waals surface area contributed by atoms with Crippen molar-refractivity contribution >= 4 is 28.2 Å². The van der Waals surface area contributed by atoms with Crippen LogP contribution in [0.15, 0.2) is 11.4 Å². The number of hydrogen-bond acceptors (Lipinski definition) is 4. The average Bonchev–Trinajstić information content (AvgIpc) is 2.95. The number of rotatable bonds is 4. The van der Waals surface area contributed by atoms with Gasteiger partial charge >= 0.3 is 0 Å². The maximum Gasteiger partial charge on any atom is 0.251 e. The van der Waals surface area contributed by atoms with Gasteiger partial charge in [-0.25, -0.2) is 0 Å². The molecule has 2 fully saturated rings. The van der Waals surface area contributed by atoms with E-state index in [-0.39, 0.29) is 5.91 Å². The summed E-state index contributed by atoms with van der Waals surface area (Å²) in [4.78, 5) is 25.7. The summed E-state index contributed by atoms with van der Waals surface area (Å²) < 4.78 is 0. The fraction of sp³-hybridized carbons (Fsp3) is 0.625. The number of nitrogens with two attached hydrogens (primary N) is 1. The molecule has 2 aliphatic rings. The van der Waals surface area contributed by atoms with Gasteiger partial charge in [0, 0.05) is 6.54 Å². The Morgan fingerprint density at radius 3 is 2.82 bits per heavy atom. The molecule has 2 amide bonds. The van der Waals surface area contributed by atoms with Crippen LogP contribution in [0.4, 0.5) is 5.00 Å². The van der Waals surface area contributed by atoms with Gasteiger partial charge in [-0.05, 0) is 42.7 Å². The van der Waals surface area contributed by atoms with Crippen molar-refractivity contribution in [2.75, 3.05) is 25.0 Å². The number of piperidine rings is 1. The summed E-state index contributed by atoms with van der Waals surface area (Å²) in [5.41, 5.74) is 5.69. The molecule has 1 aromatic heterocycles. The first kappa shape index (κ1) is 15.5. The predicted molar refractivity (Wildman–Crippen MR) is 88.0 cm³/mol. The summed E-state index contributed by atoms with van der Waals surface area (Å²) in [7, 11) is 0. The van der Waals surface area contributed by atoms with Crippen LogP contribution >= 0.6 is 11.3 Å². The molecule has 22 heavy (non-hydrogen) atoms. The highest BCUT2D eigenvalue weighted by Gasteiger charge is 2.31. The van der Waals surface area contributed by atoms with Crippen molar-refractivity contribution in [3.63, 3.8) is 0 Å². The van der Waals surface area contributed by atoms with E-state index in [1.54, 1.807) is 11.4 Å². The lowest BCUT2D eigenvalue weighted by Crippen LogP contribution is -2.44. The van der Waals surface area contributed by atoms with Crippen molar-refractivity contribution in [1.82, 2.24) is 4.90 Å². The van der Waals surface area contributed by atoms with Crippen LogP contribution in [0.5, 0.6) is 0 Å². The molecular formula is C16H23N3O2S. The maximum absolute atomic E-state index is 12.2. The second-order valence-electron chi connectivity index (χ2n) is 6.40. The molecule has 2 heterocycles.